The number of fused-ring (bicyclic) bond motifs is 1. The van der Waals surface area contributed by atoms with E-state index in [-0.39, 0.29) is 0 Å². The van der Waals surface area contributed by atoms with Crippen molar-refractivity contribution >= 4 is 10.9 Å². The fraction of sp³-hybridized carbons (Fsp3) is 0.308. The third-order valence-electron chi connectivity index (χ3n) is 2.74. The highest BCUT2D eigenvalue weighted by atomic mass is 14.9. The molecule has 0 aliphatic heterocycles. The average molecular weight is 186 g/mol. The van der Waals surface area contributed by atoms with Crippen LogP contribution in [0.5, 0.6) is 0 Å². The van der Waals surface area contributed by atoms with E-state index in [1.54, 1.807) is 0 Å². The minimum atomic E-state index is 1.03. The standard InChI is InChI=1S/C13H16N/c1-3-11-9-10-14(4-2)13-8-6-5-7-12(11)13/h5-10H,3-4H2,1-2H3/q+1. The molecule has 14 heavy (non-hydrogen) atoms. The van der Waals surface area contributed by atoms with Gasteiger partial charge in [-0.3, -0.25) is 0 Å². The van der Waals surface area contributed by atoms with Crippen molar-refractivity contribution < 1.29 is 4.57 Å². The second-order valence-electron chi connectivity index (χ2n) is 3.50. The predicted molar refractivity (Wildman–Crippen MR) is 59.2 cm³/mol. The van der Waals surface area contributed by atoms with Gasteiger partial charge >= 0.3 is 0 Å². The number of para-hydroxylation sites is 1. The Hall–Kier alpha value is -1.37. The molecule has 0 unspecified atom stereocenters. The molecule has 2 aromatic rings. The van der Waals surface area contributed by atoms with Crippen LogP contribution in [0.4, 0.5) is 0 Å². The maximum Gasteiger partial charge on any atom is 0.212 e. The lowest BCUT2D eigenvalue weighted by molar-refractivity contribution is -0.667. The van der Waals surface area contributed by atoms with Gasteiger partial charge in [0, 0.05) is 17.5 Å². The Morgan fingerprint density at radius 2 is 1.86 bits per heavy atom. The van der Waals surface area contributed by atoms with Gasteiger partial charge in [0.2, 0.25) is 5.52 Å². The van der Waals surface area contributed by atoms with Crippen molar-refractivity contribution in [1.29, 1.82) is 0 Å². The highest BCUT2D eigenvalue weighted by Crippen LogP contribution is 2.15. The Kier molecular flexibility index (Phi) is 2.49. The van der Waals surface area contributed by atoms with E-state index in [0.29, 0.717) is 0 Å². The molecule has 0 bridgehead atoms. The van der Waals surface area contributed by atoms with Gasteiger partial charge in [0.15, 0.2) is 6.20 Å². The van der Waals surface area contributed by atoms with E-state index < -0.39 is 0 Å². The van der Waals surface area contributed by atoms with Crippen molar-refractivity contribution in [2.45, 2.75) is 26.8 Å². The average Bonchev–Trinajstić information content (AvgIpc) is 2.27. The van der Waals surface area contributed by atoms with E-state index >= 15 is 0 Å². The SMILES string of the molecule is CCc1cc[n+](CC)c2ccccc12. The molecule has 0 saturated carbocycles. The maximum absolute atomic E-state index is 2.29. The van der Waals surface area contributed by atoms with Crippen molar-refractivity contribution in [3.63, 3.8) is 0 Å². The number of hydrogen-bond acceptors (Lipinski definition) is 0. The van der Waals surface area contributed by atoms with Crippen molar-refractivity contribution in [3.8, 4) is 0 Å². The van der Waals surface area contributed by atoms with Gasteiger partial charge in [-0.25, -0.2) is 0 Å². The van der Waals surface area contributed by atoms with Gasteiger partial charge in [-0.05, 0) is 25.0 Å². The highest BCUT2D eigenvalue weighted by Gasteiger charge is 2.08. The fourth-order valence-corrected chi connectivity index (χ4v) is 1.93. The lowest BCUT2D eigenvalue weighted by atomic mass is 10.1. The minimum Gasteiger partial charge on any atom is -0.199 e. The number of rotatable bonds is 2. The van der Waals surface area contributed by atoms with Crippen LogP contribution in [0.1, 0.15) is 19.4 Å². The molecule has 0 aliphatic carbocycles. The molecule has 1 heterocycles. The topological polar surface area (TPSA) is 3.88 Å². The molecule has 0 saturated heterocycles. The first kappa shape index (κ1) is 9.20. The van der Waals surface area contributed by atoms with Crippen LogP contribution in [0.3, 0.4) is 0 Å². The number of nitrogens with zero attached hydrogens (tertiary/aromatic N) is 1. The van der Waals surface area contributed by atoms with Crippen LogP contribution >= 0.6 is 0 Å². The lowest BCUT2D eigenvalue weighted by Crippen LogP contribution is -2.32. The monoisotopic (exact) mass is 186 g/mol. The Labute approximate surface area is 85.0 Å². The zero-order valence-electron chi connectivity index (χ0n) is 8.83. The van der Waals surface area contributed by atoms with Crippen LogP contribution < -0.4 is 4.57 Å². The van der Waals surface area contributed by atoms with Crippen molar-refractivity contribution in [1.82, 2.24) is 0 Å². The molecule has 1 aromatic heterocycles. The maximum atomic E-state index is 2.29. The van der Waals surface area contributed by atoms with Crippen LogP contribution in [-0.2, 0) is 13.0 Å². The largest absolute Gasteiger partial charge is 0.212 e. The lowest BCUT2D eigenvalue weighted by Gasteiger charge is -2.03. The van der Waals surface area contributed by atoms with Crippen molar-refractivity contribution in [3.05, 3.63) is 42.1 Å². The summed E-state index contributed by atoms with van der Waals surface area (Å²) in [6, 6.07) is 10.8. The van der Waals surface area contributed by atoms with Gasteiger partial charge in [0.05, 0.1) is 0 Å². The second-order valence-corrected chi connectivity index (χ2v) is 3.50. The number of aryl methyl sites for hydroxylation is 2. The first-order valence-corrected chi connectivity index (χ1v) is 5.27. The summed E-state index contributed by atoms with van der Waals surface area (Å²) in [6.07, 6.45) is 3.28. The van der Waals surface area contributed by atoms with Gasteiger partial charge in [-0.15, -0.1) is 0 Å². The summed E-state index contributed by atoms with van der Waals surface area (Å²) in [5.74, 6) is 0. The van der Waals surface area contributed by atoms with Gasteiger partial charge in [-0.1, -0.05) is 19.1 Å². The molecule has 1 heteroatoms. The zero-order chi connectivity index (χ0) is 9.97. The van der Waals surface area contributed by atoms with E-state index in [1.165, 1.54) is 16.5 Å². The summed E-state index contributed by atoms with van der Waals surface area (Å²) in [4.78, 5) is 0. The van der Waals surface area contributed by atoms with E-state index in [2.05, 4.69) is 54.9 Å². The predicted octanol–water partition coefficient (Wildman–Crippen LogP) is 2.71. The summed E-state index contributed by atoms with van der Waals surface area (Å²) in [5.41, 5.74) is 2.78. The second kappa shape index (κ2) is 3.79. The van der Waals surface area contributed by atoms with Gasteiger partial charge in [-0.2, -0.15) is 4.57 Å². The minimum absolute atomic E-state index is 1.03. The summed E-state index contributed by atoms with van der Waals surface area (Å²) < 4.78 is 2.29. The van der Waals surface area contributed by atoms with Crippen LogP contribution in [-0.4, -0.2) is 0 Å². The van der Waals surface area contributed by atoms with Gasteiger partial charge in [0.1, 0.15) is 6.54 Å². The third-order valence-corrected chi connectivity index (χ3v) is 2.74. The van der Waals surface area contributed by atoms with E-state index in [9.17, 15) is 0 Å². The number of aromatic nitrogens is 1. The number of pyridine rings is 1. The molecule has 0 atom stereocenters. The molecule has 0 N–H and O–H groups in total. The Morgan fingerprint density at radius 3 is 2.57 bits per heavy atom. The molecule has 0 fully saturated rings. The summed E-state index contributed by atoms with van der Waals surface area (Å²) in [7, 11) is 0. The van der Waals surface area contributed by atoms with Crippen LogP contribution in [0.15, 0.2) is 36.5 Å². The number of hydrogen-bond donors (Lipinski definition) is 0. The quantitative estimate of drug-likeness (QED) is 0.635. The molecule has 0 spiro atoms. The van der Waals surface area contributed by atoms with Crippen LogP contribution in [0.2, 0.25) is 0 Å². The summed E-state index contributed by atoms with van der Waals surface area (Å²) >= 11 is 0. The first-order valence-electron chi connectivity index (χ1n) is 5.27. The van der Waals surface area contributed by atoms with Gasteiger partial charge in [0.25, 0.3) is 0 Å². The molecule has 72 valence electrons. The van der Waals surface area contributed by atoms with Crippen molar-refractivity contribution in [2.75, 3.05) is 0 Å². The molecule has 2 rings (SSSR count). The molecular formula is C13H16N+. The smallest absolute Gasteiger partial charge is 0.199 e. The number of benzene rings is 1. The Balaban J connectivity index is 2.78. The molecular weight excluding hydrogens is 170 g/mol. The highest BCUT2D eigenvalue weighted by molar-refractivity contribution is 5.79. The Bertz CT molecular complexity index is 403. The molecule has 0 amide bonds. The molecule has 1 aromatic carbocycles. The first-order chi connectivity index (χ1) is 6.86. The normalized spacial score (nSPS) is 10.7. The fourth-order valence-electron chi connectivity index (χ4n) is 1.93. The van der Waals surface area contributed by atoms with Crippen LogP contribution in [0.25, 0.3) is 10.9 Å². The summed E-state index contributed by atoms with van der Waals surface area (Å²) in [6.45, 7) is 5.42. The van der Waals surface area contributed by atoms with E-state index in [1.807, 2.05) is 0 Å². The zero-order valence-corrected chi connectivity index (χ0v) is 8.83. The van der Waals surface area contributed by atoms with Crippen molar-refractivity contribution in [2.24, 2.45) is 0 Å². The molecule has 0 aliphatic rings. The van der Waals surface area contributed by atoms with Crippen LogP contribution in [0, 0.1) is 0 Å². The molecule has 1 nitrogen and oxygen atoms in total. The van der Waals surface area contributed by atoms with E-state index in [4.69, 9.17) is 0 Å². The summed E-state index contributed by atoms with van der Waals surface area (Å²) in [5, 5.41) is 1.39. The molecule has 0 radical (unpaired) electrons. The third kappa shape index (κ3) is 1.39. The van der Waals surface area contributed by atoms with E-state index in [0.717, 1.165) is 13.0 Å². The Morgan fingerprint density at radius 1 is 1.07 bits per heavy atom. The van der Waals surface area contributed by atoms with Gasteiger partial charge < -0.3 is 0 Å².